The van der Waals surface area contributed by atoms with Crippen molar-refractivity contribution < 1.29 is 9.53 Å². The van der Waals surface area contributed by atoms with Gasteiger partial charge in [-0.2, -0.15) is 0 Å². The fourth-order valence-electron chi connectivity index (χ4n) is 1.09. The first-order valence-electron chi connectivity index (χ1n) is 4.32. The molecule has 1 heterocycles. The van der Waals surface area contributed by atoms with Crippen molar-refractivity contribution in [2.45, 2.75) is 19.8 Å². The van der Waals surface area contributed by atoms with E-state index in [0.717, 1.165) is 15.6 Å². The van der Waals surface area contributed by atoms with Gasteiger partial charge in [-0.15, -0.1) is 11.3 Å². The minimum atomic E-state index is -0.419. The van der Waals surface area contributed by atoms with E-state index in [9.17, 15) is 4.79 Å². The van der Waals surface area contributed by atoms with E-state index < -0.39 is 5.92 Å². The minimum absolute atomic E-state index is 0.235. The molecule has 0 saturated heterocycles. The lowest BCUT2D eigenvalue weighted by Crippen LogP contribution is -2.22. The zero-order chi connectivity index (χ0) is 10.7. The number of aromatic nitrogens is 1. The quantitative estimate of drug-likeness (QED) is 0.762. The molecule has 1 aromatic rings. The van der Waals surface area contributed by atoms with E-state index in [1.807, 2.05) is 13.8 Å². The van der Waals surface area contributed by atoms with Gasteiger partial charge in [0, 0.05) is 11.4 Å². The number of nitrogens with two attached hydrogens (primary N) is 1. The maximum atomic E-state index is 11.3. The highest BCUT2D eigenvalue weighted by Gasteiger charge is 2.23. The van der Waals surface area contributed by atoms with Crippen molar-refractivity contribution in [2.24, 2.45) is 5.73 Å². The average Bonchev–Trinajstić information content (AvgIpc) is 2.48. The Kier molecular flexibility index (Phi) is 3.60. The summed E-state index contributed by atoms with van der Waals surface area (Å²) in [4.78, 5) is 16.7. The zero-order valence-electron chi connectivity index (χ0n) is 8.53. The Morgan fingerprint density at radius 1 is 1.64 bits per heavy atom. The van der Waals surface area contributed by atoms with Gasteiger partial charge in [-0.3, -0.25) is 4.79 Å². The molecule has 0 amide bonds. The Hall–Kier alpha value is -0.940. The van der Waals surface area contributed by atoms with Crippen molar-refractivity contribution in [2.75, 3.05) is 13.7 Å². The van der Waals surface area contributed by atoms with Crippen LogP contribution in [0.25, 0.3) is 0 Å². The normalized spacial score (nSPS) is 12.6. The van der Waals surface area contributed by atoms with Crippen LogP contribution >= 0.6 is 11.3 Å². The van der Waals surface area contributed by atoms with Crippen molar-refractivity contribution in [3.63, 3.8) is 0 Å². The molecule has 4 nitrogen and oxygen atoms in total. The van der Waals surface area contributed by atoms with E-state index in [1.165, 1.54) is 18.4 Å². The third-order valence-electron chi connectivity index (χ3n) is 2.06. The summed E-state index contributed by atoms with van der Waals surface area (Å²) in [5.41, 5.74) is 6.46. The van der Waals surface area contributed by atoms with Crippen LogP contribution in [0.5, 0.6) is 0 Å². The topological polar surface area (TPSA) is 65.2 Å². The lowest BCUT2D eigenvalue weighted by atomic mass is 10.1. The molecule has 1 aromatic heterocycles. The third-order valence-corrected chi connectivity index (χ3v) is 3.25. The van der Waals surface area contributed by atoms with Crippen molar-refractivity contribution in [3.8, 4) is 0 Å². The van der Waals surface area contributed by atoms with Gasteiger partial charge >= 0.3 is 5.97 Å². The predicted molar refractivity (Wildman–Crippen MR) is 55.4 cm³/mol. The Labute approximate surface area is 87.1 Å². The number of esters is 1. The van der Waals surface area contributed by atoms with Gasteiger partial charge in [0.05, 0.1) is 12.8 Å². The number of carbonyl (C=O) groups is 1. The number of thiazole rings is 1. The van der Waals surface area contributed by atoms with Crippen LogP contribution in [0, 0.1) is 13.8 Å². The van der Waals surface area contributed by atoms with Gasteiger partial charge in [0.1, 0.15) is 10.9 Å². The smallest absolute Gasteiger partial charge is 0.316 e. The molecule has 1 rings (SSSR count). The fourth-order valence-corrected chi connectivity index (χ4v) is 2.11. The number of ether oxygens (including phenoxy) is 1. The van der Waals surface area contributed by atoms with Gasteiger partial charge in [-0.25, -0.2) is 4.98 Å². The van der Waals surface area contributed by atoms with Gasteiger partial charge in [0.2, 0.25) is 0 Å². The second-order valence-electron chi connectivity index (χ2n) is 3.01. The molecule has 14 heavy (non-hydrogen) atoms. The molecule has 0 aliphatic carbocycles. The molecule has 0 saturated carbocycles. The summed E-state index contributed by atoms with van der Waals surface area (Å²) in [5, 5.41) is 0.745. The molecule has 0 aliphatic heterocycles. The van der Waals surface area contributed by atoms with E-state index in [4.69, 9.17) is 5.73 Å². The van der Waals surface area contributed by atoms with E-state index in [2.05, 4.69) is 9.72 Å². The van der Waals surface area contributed by atoms with Crippen molar-refractivity contribution in [1.29, 1.82) is 0 Å². The van der Waals surface area contributed by atoms with Crippen LogP contribution in [0.3, 0.4) is 0 Å². The summed E-state index contributed by atoms with van der Waals surface area (Å²) in [6.45, 7) is 4.13. The summed E-state index contributed by atoms with van der Waals surface area (Å²) < 4.78 is 4.65. The molecule has 78 valence electrons. The number of methoxy groups -OCH3 is 1. The highest BCUT2D eigenvalue weighted by Crippen LogP contribution is 2.24. The second kappa shape index (κ2) is 4.52. The lowest BCUT2D eigenvalue weighted by molar-refractivity contribution is -0.142. The lowest BCUT2D eigenvalue weighted by Gasteiger charge is -2.08. The van der Waals surface area contributed by atoms with Crippen molar-refractivity contribution >= 4 is 17.3 Å². The Balaban J connectivity index is 2.95. The number of hydrogen-bond acceptors (Lipinski definition) is 5. The number of aryl methyl sites for hydroxylation is 2. The fraction of sp³-hybridized carbons (Fsp3) is 0.556. The first-order chi connectivity index (χ1) is 6.60. The highest BCUT2D eigenvalue weighted by atomic mass is 32.1. The first kappa shape index (κ1) is 11.1. The summed E-state index contributed by atoms with van der Waals surface area (Å²) >= 11 is 1.50. The number of hydrogen-bond donors (Lipinski definition) is 1. The van der Waals surface area contributed by atoms with E-state index in [1.54, 1.807) is 0 Å². The first-order valence-corrected chi connectivity index (χ1v) is 5.13. The molecule has 0 aromatic carbocycles. The van der Waals surface area contributed by atoms with Crippen LogP contribution in [-0.4, -0.2) is 24.6 Å². The van der Waals surface area contributed by atoms with Gasteiger partial charge in [0.25, 0.3) is 0 Å². The molecule has 0 aliphatic rings. The maximum Gasteiger partial charge on any atom is 0.316 e. The number of carbonyl (C=O) groups excluding carboxylic acids is 1. The van der Waals surface area contributed by atoms with Gasteiger partial charge in [-0.1, -0.05) is 0 Å². The molecule has 1 unspecified atom stereocenters. The van der Waals surface area contributed by atoms with Gasteiger partial charge in [0.15, 0.2) is 0 Å². The van der Waals surface area contributed by atoms with E-state index in [-0.39, 0.29) is 12.5 Å². The molecule has 1 atom stereocenters. The van der Waals surface area contributed by atoms with E-state index >= 15 is 0 Å². The summed E-state index contributed by atoms with van der Waals surface area (Å²) in [6.07, 6.45) is 0. The van der Waals surface area contributed by atoms with Crippen molar-refractivity contribution in [3.05, 3.63) is 15.6 Å². The van der Waals surface area contributed by atoms with Crippen LogP contribution in [0.1, 0.15) is 21.5 Å². The SMILES string of the molecule is COC(=O)C(CN)c1nc(C)c(C)s1. The van der Waals surface area contributed by atoms with Crippen LogP contribution in [-0.2, 0) is 9.53 Å². The number of rotatable bonds is 3. The summed E-state index contributed by atoms with van der Waals surface area (Å²) in [5.74, 6) is -0.737. The molecule has 0 bridgehead atoms. The Bertz CT molecular complexity index is 316. The molecular weight excluding hydrogens is 200 g/mol. The van der Waals surface area contributed by atoms with Crippen molar-refractivity contribution in [1.82, 2.24) is 4.98 Å². The van der Waals surface area contributed by atoms with Crippen LogP contribution in [0.15, 0.2) is 0 Å². The highest BCUT2D eigenvalue weighted by molar-refractivity contribution is 7.11. The summed E-state index contributed by atoms with van der Waals surface area (Å²) in [7, 11) is 1.36. The molecule has 0 fully saturated rings. The van der Waals surface area contributed by atoms with Crippen LogP contribution in [0.4, 0.5) is 0 Å². The van der Waals surface area contributed by atoms with Gasteiger partial charge in [-0.05, 0) is 13.8 Å². The predicted octanol–water partition coefficient (Wildman–Crippen LogP) is 0.975. The zero-order valence-corrected chi connectivity index (χ0v) is 9.35. The Morgan fingerprint density at radius 3 is 2.64 bits per heavy atom. The molecule has 2 N–H and O–H groups in total. The Morgan fingerprint density at radius 2 is 2.29 bits per heavy atom. The molecular formula is C9H14N2O2S. The van der Waals surface area contributed by atoms with E-state index in [0.29, 0.717) is 0 Å². The molecule has 0 radical (unpaired) electrons. The average molecular weight is 214 g/mol. The van der Waals surface area contributed by atoms with Crippen LogP contribution < -0.4 is 5.73 Å². The standard InChI is InChI=1S/C9H14N2O2S/c1-5-6(2)14-8(11-5)7(4-10)9(12)13-3/h7H,4,10H2,1-3H3. The monoisotopic (exact) mass is 214 g/mol. The minimum Gasteiger partial charge on any atom is -0.468 e. The largest absolute Gasteiger partial charge is 0.468 e. The number of nitrogens with zero attached hydrogens (tertiary/aromatic N) is 1. The summed E-state index contributed by atoms with van der Waals surface area (Å²) in [6, 6.07) is 0. The third kappa shape index (κ3) is 2.10. The molecule has 5 heteroatoms. The second-order valence-corrected chi connectivity index (χ2v) is 4.24. The molecule has 0 spiro atoms. The van der Waals surface area contributed by atoms with Crippen LogP contribution in [0.2, 0.25) is 0 Å². The van der Waals surface area contributed by atoms with Gasteiger partial charge < -0.3 is 10.5 Å². The maximum absolute atomic E-state index is 11.3.